The van der Waals surface area contributed by atoms with Crippen LogP contribution in [-0.4, -0.2) is 22.0 Å². The molecule has 6 heteroatoms. The van der Waals surface area contributed by atoms with E-state index in [0.29, 0.717) is 12.0 Å². The highest BCUT2D eigenvalue weighted by molar-refractivity contribution is 5.96. The Kier molecular flexibility index (Phi) is 5.58. The Morgan fingerprint density at radius 3 is 2.63 bits per heavy atom. The van der Waals surface area contributed by atoms with Gasteiger partial charge in [0, 0.05) is 11.1 Å². The van der Waals surface area contributed by atoms with Crippen molar-refractivity contribution in [3.05, 3.63) is 70.3 Å². The zero-order chi connectivity index (χ0) is 19.6. The van der Waals surface area contributed by atoms with E-state index in [1.54, 1.807) is 18.2 Å². The molecule has 6 nitrogen and oxygen atoms in total. The van der Waals surface area contributed by atoms with Crippen LogP contribution in [0.4, 0.5) is 0 Å². The molecule has 0 aromatic heterocycles. The van der Waals surface area contributed by atoms with E-state index < -0.39 is 18.1 Å². The van der Waals surface area contributed by atoms with E-state index in [1.807, 2.05) is 31.2 Å². The molecule has 3 atom stereocenters. The first-order chi connectivity index (χ1) is 12.9. The summed E-state index contributed by atoms with van der Waals surface area (Å²) in [5.41, 5.74) is 9.40. The maximum absolute atomic E-state index is 11.8. The van der Waals surface area contributed by atoms with Gasteiger partial charge in [-0.15, -0.1) is 0 Å². The number of carbonyl (C=O) groups is 1. The van der Waals surface area contributed by atoms with Gasteiger partial charge in [-0.3, -0.25) is 15.5 Å². The number of rotatable bonds is 7. The molecule has 2 aromatic carbocycles. The number of nitrogen functional groups attached to an aromatic ring is 1. The molecule has 1 aliphatic heterocycles. The summed E-state index contributed by atoms with van der Waals surface area (Å²) < 4.78 is 0. The third-order valence-electron chi connectivity index (χ3n) is 5.15. The second kappa shape index (κ2) is 7.90. The van der Waals surface area contributed by atoms with Gasteiger partial charge in [0.1, 0.15) is 12.1 Å². The number of aliphatic hydroxyl groups is 1. The van der Waals surface area contributed by atoms with Crippen molar-refractivity contribution in [2.24, 2.45) is 5.73 Å². The van der Waals surface area contributed by atoms with E-state index in [-0.39, 0.29) is 11.9 Å². The zero-order valence-corrected chi connectivity index (χ0v) is 15.3. The smallest absolute Gasteiger partial charge is 0.310 e. The molecule has 0 spiro atoms. The topological polar surface area (TPSA) is 119 Å². The monoisotopic (exact) mass is 367 g/mol. The fraction of sp³-hybridized carbons (Fsp3) is 0.333. The molecule has 142 valence electrons. The van der Waals surface area contributed by atoms with Crippen LogP contribution in [0.2, 0.25) is 0 Å². The number of hydrogen-bond acceptors (Lipinski definition) is 4. The largest absolute Gasteiger partial charge is 0.481 e. The fourth-order valence-electron chi connectivity index (χ4n) is 3.74. The lowest BCUT2D eigenvalue weighted by Crippen LogP contribution is -2.22. The summed E-state index contributed by atoms with van der Waals surface area (Å²) in [6.45, 7) is 2.04. The van der Waals surface area contributed by atoms with Crippen molar-refractivity contribution in [3.8, 4) is 0 Å². The summed E-state index contributed by atoms with van der Waals surface area (Å²) in [5.74, 6) is -1.45. The number of amidine groups is 1. The number of aliphatic hydroxyl groups excluding tert-OH is 1. The van der Waals surface area contributed by atoms with E-state index in [1.165, 1.54) is 0 Å². The van der Waals surface area contributed by atoms with Gasteiger partial charge >= 0.3 is 5.97 Å². The van der Waals surface area contributed by atoms with Gasteiger partial charge in [0.15, 0.2) is 0 Å². The maximum atomic E-state index is 11.8. The van der Waals surface area contributed by atoms with Crippen LogP contribution in [0.3, 0.4) is 0 Å². The summed E-state index contributed by atoms with van der Waals surface area (Å²) >= 11 is 0. The van der Waals surface area contributed by atoms with Crippen LogP contribution in [0.25, 0.3) is 0 Å². The van der Waals surface area contributed by atoms with Crippen LogP contribution in [0.5, 0.6) is 0 Å². The normalized spacial score (nSPS) is 19.5. The second-order valence-corrected chi connectivity index (χ2v) is 6.92. The average Bonchev–Trinajstić information content (AvgIpc) is 2.98. The van der Waals surface area contributed by atoms with Crippen LogP contribution in [-0.2, 0) is 4.79 Å². The van der Waals surface area contributed by atoms with Crippen molar-refractivity contribution in [2.45, 2.75) is 44.4 Å². The number of nitrogens with one attached hydrogen (secondary N) is 2. The lowest BCUT2D eigenvalue weighted by Gasteiger charge is -2.18. The minimum atomic E-state index is -0.849. The van der Waals surface area contributed by atoms with Crippen molar-refractivity contribution in [1.29, 1.82) is 5.41 Å². The lowest BCUT2D eigenvalue weighted by molar-refractivity contribution is -0.139. The van der Waals surface area contributed by atoms with Crippen molar-refractivity contribution in [3.63, 3.8) is 0 Å². The SMILES string of the molecule is CCCCC(C(=O)O)c1ccc2c(c1)C(c1ccccc1C(=N)N)NC2O. The van der Waals surface area contributed by atoms with E-state index >= 15 is 0 Å². The van der Waals surface area contributed by atoms with Gasteiger partial charge in [0.05, 0.1) is 12.0 Å². The third kappa shape index (κ3) is 3.72. The Bertz CT molecular complexity index is 866. The zero-order valence-electron chi connectivity index (χ0n) is 15.3. The molecule has 0 bridgehead atoms. The Balaban J connectivity index is 2.05. The number of fused-ring (bicyclic) bond motifs is 1. The molecule has 2 aromatic rings. The van der Waals surface area contributed by atoms with E-state index in [0.717, 1.165) is 35.1 Å². The van der Waals surface area contributed by atoms with E-state index in [4.69, 9.17) is 11.1 Å². The van der Waals surface area contributed by atoms with Crippen molar-refractivity contribution < 1.29 is 15.0 Å². The molecule has 0 amide bonds. The van der Waals surface area contributed by atoms with Gasteiger partial charge < -0.3 is 15.9 Å². The summed E-state index contributed by atoms with van der Waals surface area (Å²) in [5, 5.41) is 31.0. The molecular formula is C21H25N3O3. The van der Waals surface area contributed by atoms with Gasteiger partial charge in [-0.05, 0) is 23.1 Å². The van der Waals surface area contributed by atoms with Crippen molar-refractivity contribution in [2.75, 3.05) is 0 Å². The Labute approximate surface area is 158 Å². The Hall–Kier alpha value is -2.70. The van der Waals surface area contributed by atoms with Crippen LogP contribution in [0.15, 0.2) is 42.5 Å². The second-order valence-electron chi connectivity index (χ2n) is 6.92. The standard InChI is InChI=1S/C21H25N3O3/c1-2-3-6-13(21(26)27)12-9-10-16-17(11-12)18(24-20(16)25)14-7-4-5-8-15(14)19(22)23/h4-5,7-11,13,18,20,24-25H,2-3,6H2,1H3,(H3,22,23)(H,26,27). The Morgan fingerprint density at radius 1 is 1.22 bits per heavy atom. The summed E-state index contributed by atoms with van der Waals surface area (Å²) in [6.07, 6.45) is 1.50. The summed E-state index contributed by atoms with van der Waals surface area (Å²) in [6, 6.07) is 12.4. The fourth-order valence-corrected chi connectivity index (χ4v) is 3.74. The van der Waals surface area contributed by atoms with Crippen LogP contribution >= 0.6 is 0 Å². The highest BCUT2D eigenvalue weighted by atomic mass is 16.4. The van der Waals surface area contributed by atoms with Gasteiger partial charge in [0.25, 0.3) is 0 Å². The van der Waals surface area contributed by atoms with Gasteiger partial charge in [-0.1, -0.05) is 62.2 Å². The molecule has 0 saturated heterocycles. The summed E-state index contributed by atoms with van der Waals surface area (Å²) in [4.78, 5) is 11.8. The third-order valence-corrected chi connectivity index (χ3v) is 5.15. The minimum Gasteiger partial charge on any atom is -0.481 e. The Morgan fingerprint density at radius 2 is 1.96 bits per heavy atom. The molecule has 6 N–H and O–H groups in total. The van der Waals surface area contributed by atoms with Crippen molar-refractivity contribution >= 4 is 11.8 Å². The molecule has 0 fully saturated rings. The first-order valence-corrected chi connectivity index (χ1v) is 9.18. The minimum absolute atomic E-state index is 0.0437. The molecule has 1 heterocycles. The molecule has 0 aliphatic carbocycles. The first-order valence-electron chi connectivity index (χ1n) is 9.18. The number of carboxylic acid groups (broad SMARTS) is 1. The van der Waals surface area contributed by atoms with Crippen LogP contribution in [0, 0.1) is 5.41 Å². The van der Waals surface area contributed by atoms with E-state index in [9.17, 15) is 15.0 Å². The molecule has 27 heavy (non-hydrogen) atoms. The molecular weight excluding hydrogens is 342 g/mol. The first kappa shape index (κ1) is 19.1. The molecule has 3 unspecified atom stereocenters. The maximum Gasteiger partial charge on any atom is 0.310 e. The number of carboxylic acids is 1. The number of unbranched alkanes of at least 4 members (excludes halogenated alkanes) is 1. The molecule has 1 aliphatic rings. The van der Waals surface area contributed by atoms with Gasteiger partial charge in [0.2, 0.25) is 0 Å². The molecule has 0 saturated carbocycles. The molecule has 3 rings (SSSR count). The molecule has 0 radical (unpaired) electrons. The van der Waals surface area contributed by atoms with E-state index in [2.05, 4.69) is 5.32 Å². The highest BCUT2D eigenvalue weighted by Crippen LogP contribution is 2.39. The highest BCUT2D eigenvalue weighted by Gasteiger charge is 2.33. The number of aliphatic carboxylic acids is 1. The lowest BCUT2D eigenvalue weighted by atomic mass is 9.88. The van der Waals surface area contributed by atoms with Crippen molar-refractivity contribution in [1.82, 2.24) is 5.32 Å². The quantitative estimate of drug-likeness (QED) is 0.381. The predicted molar refractivity (Wildman–Crippen MR) is 104 cm³/mol. The predicted octanol–water partition coefficient (Wildman–Crippen LogP) is 3.01. The number of hydrogen-bond donors (Lipinski definition) is 5. The van der Waals surface area contributed by atoms with Gasteiger partial charge in [-0.25, -0.2) is 0 Å². The van der Waals surface area contributed by atoms with Gasteiger partial charge in [-0.2, -0.15) is 0 Å². The van der Waals surface area contributed by atoms with Crippen LogP contribution in [0.1, 0.15) is 72.2 Å². The average molecular weight is 367 g/mol. The summed E-state index contributed by atoms with van der Waals surface area (Å²) in [7, 11) is 0. The van der Waals surface area contributed by atoms with Crippen LogP contribution < -0.4 is 11.1 Å². The number of nitrogens with two attached hydrogens (primary N) is 1. The number of benzene rings is 2.